The maximum absolute atomic E-state index is 12.7. The van der Waals surface area contributed by atoms with E-state index in [0.717, 1.165) is 49.5 Å². The van der Waals surface area contributed by atoms with Gasteiger partial charge >= 0.3 is 0 Å². The van der Waals surface area contributed by atoms with Gasteiger partial charge in [-0.1, -0.05) is 17.3 Å². The third-order valence-corrected chi connectivity index (χ3v) is 4.11. The summed E-state index contributed by atoms with van der Waals surface area (Å²) >= 11 is 0. The molecule has 22 heavy (non-hydrogen) atoms. The zero-order chi connectivity index (χ0) is 15.4. The highest BCUT2D eigenvalue weighted by Gasteiger charge is 2.27. The van der Waals surface area contributed by atoms with Gasteiger partial charge in [0.1, 0.15) is 12.0 Å². The summed E-state index contributed by atoms with van der Waals surface area (Å²) < 4.78 is 10.1. The summed E-state index contributed by atoms with van der Waals surface area (Å²) in [5.74, 6) is 0.956. The Balaban J connectivity index is 1.67. The molecule has 5 heteroatoms. The summed E-state index contributed by atoms with van der Waals surface area (Å²) in [7, 11) is 1.61. The number of likely N-dealkylation sites (tertiary alicyclic amines) is 1. The average molecular weight is 300 g/mol. The van der Waals surface area contributed by atoms with E-state index in [2.05, 4.69) is 10.1 Å². The minimum Gasteiger partial charge on any atom is -0.497 e. The lowest BCUT2D eigenvalue weighted by Crippen LogP contribution is -2.38. The van der Waals surface area contributed by atoms with Gasteiger partial charge in [-0.25, -0.2) is 0 Å². The van der Waals surface area contributed by atoms with Crippen LogP contribution in [-0.2, 0) is 6.54 Å². The van der Waals surface area contributed by atoms with Crippen LogP contribution in [0.25, 0.3) is 0 Å². The Morgan fingerprint density at radius 2 is 2.36 bits per heavy atom. The Labute approximate surface area is 129 Å². The molecule has 1 atom stereocenters. The largest absolute Gasteiger partial charge is 0.497 e. The van der Waals surface area contributed by atoms with Crippen molar-refractivity contribution in [3.05, 3.63) is 47.9 Å². The molecule has 3 rings (SSSR count). The van der Waals surface area contributed by atoms with Crippen LogP contribution in [0.3, 0.4) is 0 Å². The molecule has 116 valence electrons. The van der Waals surface area contributed by atoms with Gasteiger partial charge in [0, 0.05) is 30.6 Å². The molecule has 2 heterocycles. The standard InChI is InChI=1S/C17H20N2O3/c1-21-16-6-2-4-13(10-16)17(20)14-5-3-8-19(11-14)12-15-7-9-22-18-15/h2,4,6-7,9-10,14H,3,5,8,11-12H2,1H3/t14-/m0/s1. The van der Waals surface area contributed by atoms with Gasteiger partial charge in [-0.2, -0.15) is 0 Å². The fraction of sp³-hybridized carbons (Fsp3) is 0.412. The SMILES string of the molecule is COc1cccc(C(=O)[C@H]2CCCN(Cc3ccon3)C2)c1. The first-order valence-corrected chi connectivity index (χ1v) is 7.56. The van der Waals surface area contributed by atoms with Crippen LogP contribution < -0.4 is 4.74 Å². The number of carbonyl (C=O) groups excluding carboxylic acids is 1. The van der Waals surface area contributed by atoms with Crippen molar-refractivity contribution >= 4 is 5.78 Å². The molecule has 1 aliphatic heterocycles. The first-order valence-electron chi connectivity index (χ1n) is 7.56. The summed E-state index contributed by atoms with van der Waals surface area (Å²) in [6, 6.07) is 9.27. The maximum atomic E-state index is 12.7. The highest BCUT2D eigenvalue weighted by molar-refractivity contribution is 5.98. The maximum Gasteiger partial charge on any atom is 0.167 e. The number of benzene rings is 1. The van der Waals surface area contributed by atoms with Crippen molar-refractivity contribution in [3.8, 4) is 5.75 Å². The van der Waals surface area contributed by atoms with E-state index in [1.54, 1.807) is 13.4 Å². The van der Waals surface area contributed by atoms with E-state index in [0.29, 0.717) is 0 Å². The predicted molar refractivity (Wildman–Crippen MR) is 81.8 cm³/mol. The van der Waals surface area contributed by atoms with Gasteiger partial charge < -0.3 is 9.26 Å². The minimum atomic E-state index is 0.0350. The van der Waals surface area contributed by atoms with Crippen LogP contribution in [0.4, 0.5) is 0 Å². The number of ether oxygens (including phenoxy) is 1. The molecule has 1 fully saturated rings. The van der Waals surface area contributed by atoms with Crippen molar-refractivity contribution < 1.29 is 14.1 Å². The molecule has 1 saturated heterocycles. The Hall–Kier alpha value is -2.14. The lowest BCUT2D eigenvalue weighted by atomic mass is 9.90. The number of ketones is 1. The van der Waals surface area contributed by atoms with Gasteiger partial charge in [0.2, 0.25) is 0 Å². The molecule has 1 aromatic carbocycles. The number of aromatic nitrogens is 1. The second-order valence-corrected chi connectivity index (χ2v) is 5.66. The lowest BCUT2D eigenvalue weighted by Gasteiger charge is -2.31. The second-order valence-electron chi connectivity index (χ2n) is 5.66. The van der Waals surface area contributed by atoms with E-state index in [9.17, 15) is 4.79 Å². The predicted octanol–water partition coefficient (Wildman–Crippen LogP) is 2.78. The van der Waals surface area contributed by atoms with E-state index in [-0.39, 0.29) is 11.7 Å². The molecule has 0 saturated carbocycles. The molecular formula is C17H20N2O3. The molecule has 5 nitrogen and oxygen atoms in total. The monoisotopic (exact) mass is 300 g/mol. The quantitative estimate of drug-likeness (QED) is 0.795. The third kappa shape index (κ3) is 3.36. The van der Waals surface area contributed by atoms with Crippen LogP contribution in [0, 0.1) is 5.92 Å². The van der Waals surface area contributed by atoms with Crippen molar-refractivity contribution in [2.75, 3.05) is 20.2 Å². The van der Waals surface area contributed by atoms with Crippen LogP contribution in [-0.4, -0.2) is 36.0 Å². The number of Topliss-reactive ketones (excluding diaryl/α,β-unsaturated/α-hetero) is 1. The smallest absolute Gasteiger partial charge is 0.167 e. The van der Waals surface area contributed by atoms with E-state index >= 15 is 0 Å². The van der Waals surface area contributed by atoms with Crippen LogP contribution >= 0.6 is 0 Å². The van der Waals surface area contributed by atoms with Crippen molar-refractivity contribution in [1.82, 2.24) is 10.1 Å². The lowest BCUT2D eigenvalue weighted by molar-refractivity contribution is 0.0808. The first kappa shape index (κ1) is 14.8. The molecule has 1 aliphatic rings. The van der Waals surface area contributed by atoms with E-state index in [4.69, 9.17) is 9.26 Å². The van der Waals surface area contributed by atoms with E-state index in [1.165, 1.54) is 0 Å². The molecular weight excluding hydrogens is 280 g/mol. The summed E-state index contributed by atoms with van der Waals surface area (Å²) in [6.07, 6.45) is 3.54. The number of hydrogen-bond donors (Lipinski definition) is 0. The summed E-state index contributed by atoms with van der Waals surface area (Å²) in [6.45, 7) is 2.50. The van der Waals surface area contributed by atoms with E-state index < -0.39 is 0 Å². The number of carbonyl (C=O) groups is 1. The normalized spacial score (nSPS) is 19.0. The number of hydrogen-bond acceptors (Lipinski definition) is 5. The second kappa shape index (κ2) is 6.75. The van der Waals surface area contributed by atoms with Crippen LogP contribution in [0.2, 0.25) is 0 Å². The number of methoxy groups -OCH3 is 1. The van der Waals surface area contributed by atoms with Gasteiger partial charge in [0.25, 0.3) is 0 Å². The summed E-state index contributed by atoms with van der Waals surface area (Å²) in [4.78, 5) is 15.0. The molecule has 1 aromatic heterocycles. The van der Waals surface area contributed by atoms with Gasteiger partial charge in [0.05, 0.1) is 12.8 Å². The minimum absolute atomic E-state index is 0.0350. The van der Waals surface area contributed by atoms with Crippen LogP contribution in [0.1, 0.15) is 28.9 Å². The Morgan fingerprint density at radius 1 is 1.45 bits per heavy atom. The molecule has 0 amide bonds. The first-order chi connectivity index (χ1) is 10.8. The van der Waals surface area contributed by atoms with Gasteiger partial charge in [-0.15, -0.1) is 0 Å². The molecule has 0 N–H and O–H groups in total. The Bertz CT molecular complexity index is 625. The fourth-order valence-corrected chi connectivity index (χ4v) is 2.97. The van der Waals surface area contributed by atoms with Crippen LogP contribution in [0.15, 0.2) is 41.1 Å². The molecule has 0 spiro atoms. The summed E-state index contributed by atoms with van der Waals surface area (Å²) in [5, 5.41) is 3.94. The Morgan fingerprint density at radius 3 is 3.14 bits per heavy atom. The highest BCUT2D eigenvalue weighted by atomic mass is 16.5. The number of rotatable bonds is 5. The number of piperidine rings is 1. The van der Waals surface area contributed by atoms with Crippen molar-refractivity contribution in [2.45, 2.75) is 19.4 Å². The topological polar surface area (TPSA) is 55.6 Å². The van der Waals surface area contributed by atoms with Gasteiger partial charge in [-0.05, 0) is 31.5 Å². The third-order valence-electron chi connectivity index (χ3n) is 4.11. The Kier molecular flexibility index (Phi) is 4.53. The van der Waals surface area contributed by atoms with E-state index in [1.807, 2.05) is 30.3 Å². The zero-order valence-electron chi connectivity index (χ0n) is 12.7. The van der Waals surface area contributed by atoms with Gasteiger partial charge in [-0.3, -0.25) is 9.69 Å². The molecule has 0 radical (unpaired) electrons. The van der Waals surface area contributed by atoms with Crippen molar-refractivity contribution in [2.24, 2.45) is 5.92 Å². The average Bonchev–Trinajstić information content (AvgIpc) is 3.07. The van der Waals surface area contributed by atoms with Crippen molar-refractivity contribution in [3.63, 3.8) is 0 Å². The van der Waals surface area contributed by atoms with Crippen molar-refractivity contribution in [1.29, 1.82) is 0 Å². The van der Waals surface area contributed by atoms with Gasteiger partial charge in [0.15, 0.2) is 5.78 Å². The highest BCUT2D eigenvalue weighted by Crippen LogP contribution is 2.23. The molecule has 2 aromatic rings. The fourth-order valence-electron chi connectivity index (χ4n) is 2.97. The zero-order valence-corrected chi connectivity index (χ0v) is 12.7. The summed E-state index contributed by atoms with van der Waals surface area (Å²) in [5.41, 5.74) is 1.64. The number of nitrogens with zero attached hydrogens (tertiary/aromatic N) is 2. The van der Waals surface area contributed by atoms with Crippen LogP contribution in [0.5, 0.6) is 5.75 Å². The molecule has 0 bridgehead atoms. The molecule has 0 unspecified atom stereocenters. The molecule has 0 aliphatic carbocycles.